The normalized spacial score (nSPS) is 10.9. The van der Waals surface area contributed by atoms with E-state index in [1.807, 2.05) is 30.3 Å². The lowest BCUT2D eigenvalue weighted by Crippen LogP contribution is -2.34. The van der Waals surface area contributed by atoms with E-state index in [0.29, 0.717) is 16.8 Å². The van der Waals surface area contributed by atoms with Gasteiger partial charge in [-0.3, -0.25) is 9.59 Å². The molecule has 0 saturated heterocycles. The van der Waals surface area contributed by atoms with Crippen molar-refractivity contribution in [2.75, 3.05) is 6.54 Å². The lowest BCUT2D eigenvalue weighted by molar-refractivity contribution is -0.120. The summed E-state index contributed by atoms with van der Waals surface area (Å²) < 4.78 is 28.0. The first-order valence-electron chi connectivity index (χ1n) is 10.3. The molecule has 0 aliphatic rings. The summed E-state index contributed by atoms with van der Waals surface area (Å²) in [7, 11) is 0. The van der Waals surface area contributed by atoms with Crippen LogP contribution in [0.15, 0.2) is 90.2 Å². The monoisotopic (exact) mass is 459 g/mol. The summed E-state index contributed by atoms with van der Waals surface area (Å²) in [4.78, 5) is 24.1. The van der Waals surface area contributed by atoms with E-state index in [-0.39, 0.29) is 17.9 Å². The third-order valence-corrected chi connectivity index (χ3v) is 4.79. The maximum absolute atomic E-state index is 13.4. The fourth-order valence-electron chi connectivity index (χ4n) is 3.10. The van der Waals surface area contributed by atoms with Crippen LogP contribution in [0.1, 0.15) is 15.9 Å². The standard InChI is InChI=1S/C25H19F2N5O2/c26-20-10-6-17(7-11-20)24-19(16-32(31-24)22-4-2-1-3-5-22)14-29-30-23(33)15-28-25(34)18-8-12-21(27)13-9-18/h1-14,16H,15H2,(H,28,34)(H,30,33)/b29-14+. The molecule has 9 heteroatoms. The van der Waals surface area contributed by atoms with Gasteiger partial charge in [0.05, 0.1) is 18.4 Å². The van der Waals surface area contributed by atoms with Crippen LogP contribution in [0.5, 0.6) is 0 Å². The van der Waals surface area contributed by atoms with Crippen LogP contribution in [0, 0.1) is 11.6 Å². The molecule has 0 aliphatic heterocycles. The first-order chi connectivity index (χ1) is 16.5. The number of carbonyl (C=O) groups is 2. The molecule has 170 valence electrons. The molecular weight excluding hydrogens is 440 g/mol. The largest absolute Gasteiger partial charge is 0.343 e. The summed E-state index contributed by atoms with van der Waals surface area (Å²) >= 11 is 0. The Morgan fingerprint density at radius 3 is 2.24 bits per heavy atom. The van der Waals surface area contributed by atoms with Crippen LogP contribution in [0.3, 0.4) is 0 Å². The topological polar surface area (TPSA) is 88.4 Å². The lowest BCUT2D eigenvalue weighted by Gasteiger charge is -2.04. The second-order valence-electron chi connectivity index (χ2n) is 7.20. The molecule has 0 radical (unpaired) electrons. The van der Waals surface area contributed by atoms with E-state index < -0.39 is 17.6 Å². The van der Waals surface area contributed by atoms with Gasteiger partial charge in [0.2, 0.25) is 0 Å². The average Bonchev–Trinajstić information content (AvgIpc) is 3.28. The molecule has 2 N–H and O–H groups in total. The first kappa shape index (κ1) is 22.5. The van der Waals surface area contributed by atoms with Crippen molar-refractivity contribution in [3.05, 3.63) is 108 Å². The van der Waals surface area contributed by atoms with Crippen molar-refractivity contribution in [2.45, 2.75) is 0 Å². The molecule has 1 aromatic heterocycles. The highest BCUT2D eigenvalue weighted by Gasteiger charge is 2.12. The summed E-state index contributed by atoms with van der Waals surface area (Å²) in [5, 5.41) is 11.0. The van der Waals surface area contributed by atoms with E-state index in [2.05, 4.69) is 20.9 Å². The SMILES string of the molecule is O=C(CNC(=O)c1ccc(F)cc1)N/N=C/c1cn(-c2ccccc2)nc1-c1ccc(F)cc1. The van der Waals surface area contributed by atoms with Gasteiger partial charge in [0.1, 0.15) is 17.3 Å². The average molecular weight is 459 g/mol. The van der Waals surface area contributed by atoms with Crippen molar-refractivity contribution in [3.63, 3.8) is 0 Å². The lowest BCUT2D eigenvalue weighted by atomic mass is 10.1. The number of nitrogens with zero attached hydrogens (tertiary/aromatic N) is 3. The fourth-order valence-corrected chi connectivity index (χ4v) is 3.10. The number of aromatic nitrogens is 2. The Morgan fingerprint density at radius 2 is 1.56 bits per heavy atom. The summed E-state index contributed by atoms with van der Waals surface area (Å²) in [5.74, 6) is -1.89. The maximum Gasteiger partial charge on any atom is 0.259 e. The first-order valence-corrected chi connectivity index (χ1v) is 10.3. The highest BCUT2D eigenvalue weighted by Crippen LogP contribution is 2.23. The zero-order chi connectivity index (χ0) is 23.9. The van der Waals surface area contributed by atoms with Crippen molar-refractivity contribution in [1.82, 2.24) is 20.5 Å². The van der Waals surface area contributed by atoms with E-state index in [1.165, 1.54) is 30.5 Å². The van der Waals surface area contributed by atoms with E-state index in [4.69, 9.17) is 0 Å². The van der Waals surface area contributed by atoms with Gasteiger partial charge in [-0.1, -0.05) is 18.2 Å². The number of amides is 2. The molecular formula is C25H19F2N5O2. The quantitative estimate of drug-likeness (QED) is 0.326. The minimum absolute atomic E-state index is 0.231. The van der Waals surface area contributed by atoms with Gasteiger partial charge < -0.3 is 5.32 Å². The Hall–Kier alpha value is -4.66. The van der Waals surface area contributed by atoms with Crippen LogP contribution < -0.4 is 10.7 Å². The molecule has 0 saturated carbocycles. The van der Waals surface area contributed by atoms with Gasteiger partial charge in [0.25, 0.3) is 11.8 Å². The number of halogens is 2. The van der Waals surface area contributed by atoms with Crippen LogP contribution in [0.4, 0.5) is 8.78 Å². The second-order valence-corrected chi connectivity index (χ2v) is 7.20. The maximum atomic E-state index is 13.4. The van der Waals surface area contributed by atoms with E-state index >= 15 is 0 Å². The summed E-state index contributed by atoms with van der Waals surface area (Å²) in [6, 6.07) is 20.3. The Labute approximate surface area is 193 Å². The molecule has 1 heterocycles. The summed E-state index contributed by atoms with van der Waals surface area (Å²) in [6.45, 7) is -0.318. The highest BCUT2D eigenvalue weighted by molar-refractivity contribution is 5.96. The molecule has 0 spiro atoms. The molecule has 7 nitrogen and oxygen atoms in total. The third kappa shape index (κ3) is 5.57. The Balaban J connectivity index is 1.45. The summed E-state index contributed by atoms with van der Waals surface area (Å²) in [5.41, 5.74) is 5.20. The zero-order valence-corrected chi connectivity index (χ0v) is 17.8. The van der Waals surface area contributed by atoms with Gasteiger partial charge in [-0.15, -0.1) is 0 Å². The predicted octanol–water partition coefficient (Wildman–Crippen LogP) is 3.70. The third-order valence-electron chi connectivity index (χ3n) is 4.79. The Kier molecular flexibility index (Phi) is 6.83. The van der Waals surface area contributed by atoms with Crippen LogP contribution in [0.25, 0.3) is 16.9 Å². The van der Waals surface area contributed by atoms with Crippen molar-refractivity contribution in [3.8, 4) is 16.9 Å². The fraction of sp³-hybridized carbons (Fsp3) is 0.0400. The van der Waals surface area contributed by atoms with Gasteiger partial charge >= 0.3 is 0 Å². The predicted molar refractivity (Wildman–Crippen MR) is 123 cm³/mol. The molecule has 34 heavy (non-hydrogen) atoms. The van der Waals surface area contributed by atoms with Gasteiger partial charge in [-0.2, -0.15) is 10.2 Å². The molecule has 0 fully saturated rings. The number of carbonyl (C=O) groups excluding carboxylic acids is 2. The van der Waals surface area contributed by atoms with Crippen molar-refractivity contribution in [2.24, 2.45) is 5.10 Å². The van der Waals surface area contributed by atoms with Crippen LogP contribution in [-0.4, -0.2) is 34.4 Å². The molecule has 0 aliphatic carbocycles. The molecule has 0 unspecified atom stereocenters. The number of hydrazone groups is 1. The number of hydrogen-bond donors (Lipinski definition) is 2. The van der Waals surface area contributed by atoms with Crippen LogP contribution >= 0.6 is 0 Å². The van der Waals surface area contributed by atoms with Gasteiger partial charge in [0, 0.05) is 22.9 Å². The number of hydrogen-bond acceptors (Lipinski definition) is 4. The van der Waals surface area contributed by atoms with Gasteiger partial charge in [-0.05, 0) is 60.7 Å². The molecule has 3 aromatic carbocycles. The van der Waals surface area contributed by atoms with Crippen LogP contribution in [0.2, 0.25) is 0 Å². The number of nitrogens with one attached hydrogen (secondary N) is 2. The molecule has 2 amide bonds. The molecule has 0 bridgehead atoms. The van der Waals surface area contributed by atoms with Gasteiger partial charge in [0.15, 0.2) is 0 Å². The van der Waals surface area contributed by atoms with E-state index in [9.17, 15) is 18.4 Å². The van der Waals surface area contributed by atoms with E-state index in [1.54, 1.807) is 23.0 Å². The summed E-state index contributed by atoms with van der Waals surface area (Å²) in [6.07, 6.45) is 3.16. The Bertz CT molecular complexity index is 1320. The molecule has 4 rings (SSSR count). The van der Waals surface area contributed by atoms with E-state index in [0.717, 1.165) is 17.8 Å². The van der Waals surface area contributed by atoms with Crippen molar-refractivity contribution in [1.29, 1.82) is 0 Å². The van der Waals surface area contributed by atoms with Crippen LogP contribution in [-0.2, 0) is 4.79 Å². The number of benzene rings is 3. The minimum atomic E-state index is -0.550. The zero-order valence-electron chi connectivity index (χ0n) is 17.8. The second kappa shape index (κ2) is 10.3. The molecule has 4 aromatic rings. The minimum Gasteiger partial charge on any atom is -0.343 e. The Morgan fingerprint density at radius 1 is 0.912 bits per heavy atom. The van der Waals surface area contributed by atoms with Gasteiger partial charge in [-0.25, -0.2) is 18.9 Å². The number of para-hydroxylation sites is 1. The number of rotatable bonds is 7. The smallest absolute Gasteiger partial charge is 0.259 e. The highest BCUT2D eigenvalue weighted by atomic mass is 19.1. The van der Waals surface area contributed by atoms with Crippen molar-refractivity contribution < 1.29 is 18.4 Å². The molecule has 0 atom stereocenters. The van der Waals surface area contributed by atoms with Crippen molar-refractivity contribution >= 4 is 18.0 Å².